The van der Waals surface area contributed by atoms with Crippen LogP contribution in [0, 0.1) is 0 Å². The maximum Gasteiger partial charge on any atom is 0.389 e. The van der Waals surface area contributed by atoms with Gasteiger partial charge in [-0.2, -0.15) is 13.2 Å². The molecular formula is C14H23F3O2. The van der Waals surface area contributed by atoms with Crippen LogP contribution in [0.2, 0.25) is 0 Å². The van der Waals surface area contributed by atoms with Gasteiger partial charge in [0.1, 0.15) is 0 Å². The molecule has 0 aromatic carbocycles. The Kier molecular flexibility index (Phi) is 10.3. The zero-order chi connectivity index (χ0) is 14.6. The van der Waals surface area contributed by atoms with Crippen molar-refractivity contribution < 1.29 is 22.7 Å². The molecule has 5 heteroatoms. The van der Waals surface area contributed by atoms with Gasteiger partial charge >= 0.3 is 12.1 Å². The highest BCUT2D eigenvalue weighted by Crippen LogP contribution is 2.23. The third kappa shape index (κ3) is 14.9. The summed E-state index contributed by atoms with van der Waals surface area (Å²) in [6.45, 7) is 3.71. The van der Waals surface area contributed by atoms with Crippen LogP contribution in [-0.2, 0) is 9.53 Å². The molecule has 0 unspecified atom stereocenters. The Labute approximate surface area is 113 Å². The highest BCUT2D eigenvalue weighted by atomic mass is 19.4. The topological polar surface area (TPSA) is 26.3 Å². The molecule has 0 radical (unpaired) electrons. The predicted molar refractivity (Wildman–Crippen MR) is 68.8 cm³/mol. The fourth-order valence-corrected chi connectivity index (χ4v) is 1.72. The van der Waals surface area contributed by atoms with Crippen LogP contribution in [0.15, 0.2) is 12.7 Å². The normalized spacial score (nSPS) is 11.3. The number of unbranched alkanes of at least 4 members (excludes halogenated alkanes) is 7. The third-order valence-electron chi connectivity index (χ3n) is 2.77. The molecule has 0 amide bonds. The van der Waals surface area contributed by atoms with Gasteiger partial charge in [0, 0.05) is 12.5 Å². The average Bonchev–Trinajstić information content (AvgIpc) is 2.34. The van der Waals surface area contributed by atoms with E-state index in [-0.39, 0.29) is 6.42 Å². The Hall–Kier alpha value is -1.00. The van der Waals surface area contributed by atoms with Gasteiger partial charge in [-0.1, -0.05) is 45.1 Å². The van der Waals surface area contributed by atoms with E-state index < -0.39 is 18.6 Å². The van der Waals surface area contributed by atoms with Gasteiger partial charge < -0.3 is 4.74 Å². The zero-order valence-electron chi connectivity index (χ0n) is 11.3. The summed E-state index contributed by atoms with van der Waals surface area (Å²) >= 11 is 0. The average molecular weight is 280 g/mol. The van der Waals surface area contributed by atoms with Gasteiger partial charge in [0.25, 0.3) is 0 Å². The van der Waals surface area contributed by atoms with Crippen molar-refractivity contribution in [2.24, 2.45) is 0 Å². The number of ether oxygens (including phenoxy) is 1. The molecule has 0 aliphatic rings. The first-order valence-corrected chi connectivity index (χ1v) is 6.81. The maximum atomic E-state index is 11.8. The predicted octanol–water partition coefficient (Wildman–Crippen LogP) is 4.79. The number of rotatable bonds is 11. The van der Waals surface area contributed by atoms with E-state index in [1.807, 2.05) is 0 Å². The Morgan fingerprint density at radius 3 is 1.89 bits per heavy atom. The molecule has 0 rings (SSSR count). The summed E-state index contributed by atoms with van der Waals surface area (Å²) in [4.78, 5) is 10.7. The standard InChI is InChI=1S/C14H23F3O2/c1-2-13(18)19-12-10-8-6-4-3-5-7-9-11-14(15,16)17/h2H,1,3-12H2. The van der Waals surface area contributed by atoms with Gasteiger partial charge in [0.05, 0.1) is 6.61 Å². The van der Waals surface area contributed by atoms with E-state index >= 15 is 0 Å². The van der Waals surface area contributed by atoms with Crippen molar-refractivity contribution in [1.29, 1.82) is 0 Å². The van der Waals surface area contributed by atoms with Gasteiger partial charge in [-0.15, -0.1) is 0 Å². The highest BCUT2D eigenvalue weighted by Gasteiger charge is 2.25. The SMILES string of the molecule is C=CC(=O)OCCCCCCCCCCC(F)(F)F. The first-order valence-electron chi connectivity index (χ1n) is 6.81. The second-order valence-corrected chi connectivity index (χ2v) is 4.57. The Morgan fingerprint density at radius 1 is 0.947 bits per heavy atom. The van der Waals surface area contributed by atoms with E-state index in [2.05, 4.69) is 6.58 Å². The Bertz CT molecular complexity index is 250. The molecule has 0 aromatic heterocycles. The molecule has 0 saturated heterocycles. The van der Waals surface area contributed by atoms with E-state index in [4.69, 9.17) is 4.74 Å². The molecule has 0 fully saturated rings. The van der Waals surface area contributed by atoms with Crippen LogP contribution < -0.4 is 0 Å². The summed E-state index contributed by atoms with van der Waals surface area (Å²) in [6.07, 6.45) is 3.06. The second-order valence-electron chi connectivity index (χ2n) is 4.57. The number of halogens is 3. The van der Waals surface area contributed by atoms with Crippen molar-refractivity contribution in [2.75, 3.05) is 6.61 Å². The summed E-state index contributed by atoms with van der Waals surface area (Å²) < 4.78 is 40.4. The summed E-state index contributed by atoms with van der Waals surface area (Å²) in [5, 5.41) is 0. The number of carbonyl (C=O) groups excluding carboxylic acids is 1. The monoisotopic (exact) mass is 280 g/mol. The molecule has 0 heterocycles. The molecular weight excluding hydrogens is 257 g/mol. The lowest BCUT2D eigenvalue weighted by molar-refractivity contribution is -0.138. The summed E-state index contributed by atoms with van der Waals surface area (Å²) in [7, 11) is 0. The van der Waals surface area contributed by atoms with Gasteiger partial charge in [-0.05, 0) is 12.8 Å². The van der Waals surface area contributed by atoms with E-state index in [0.717, 1.165) is 44.6 Å². The third-order valence-corrected chi connectivity index (χ3v) is 2.77. The van der Waals surface area contributed by atoms with Crippen LogP contribution in [-0.4, -0.2) is 18.8 Å². The number of carbonyl (C=O) groups is 1. The van der Waals surface area contributed by atoms with Crippen LogP contribution in [0.3, 0.4) is 0 Å². The van der Waals surface area contributed by atoms with E-state index in [0.29, 0.717) is 13.0 Å². The molecule has 0 atom stereocenters. The quantitative estimate of drug-likeness (QED) is 0.309. The van der Waals surface area contributed by atoms with Crippen molar-refractivity contribution in [3.63, 3.8) is 0 Å². The molecule has 0 saturated carbocycles. The van der Waals surface area contributed by atoms with Crippen molar-refractivity contribution in [3.05, 3.63) is 12.7 Å². The van der Waals surface area contributed by atoms with Gasteiger partial charge in [-0.25, -0.2) is 4.79 Å². The first kappa shape index (κ1) is 18.0. The van der Waals surface area contributed by atoms with Gasteiger partial charge in [0.15, 0.2) is 0 Å². The lowest BCUT2D eigenvalue weighted by Gasteiger charge is -2.05. The molecule has 112 valence electrons. The minimum Gasteiger partial charge on any atom is -0.463 e. The van der Waals surface area contributed by atoms with Crippen molar-refractivity contribution in [2.45, 2.75) is 64.0 Å². The zero-order valence-corrected chi connectivity index (χ0v) is 11.3. The molecule has 0 aliphatic heterocycles. The minimum atomic E-state index is -4.01. The summed E-state index contributed by atoms with van der Waals surface area (Å²) in [6, 6.07) is 0. The summed E-state index contributed by atoms with van der Waals surface area (Å²) in [5.74, 6) is -0.398. The summed E-state index contributed by atoms with van der Waals surface area (Å²) in [5.41, 5.74) is 0. The van der Waals surface area contributed by atoms with Crippen molar-refractivity contribution in [1.82, 2.24) is 0 Å². The number of esters is 1. The maximum absolute atomic E-state index is 11.8. The molecule has 2 nitrogen and oxygen atoms in total. The minimum absolute atomic E-state index is 0.237. The lowest BCUT2D eigenvalue weighted by atomic mass is 10.1. The smallest absolute Gasteiger partial charge is 0.389 e. The second kappa shape index (κ2) is 10.9. The van der Waals surface area contributed by atoms with Crippen molar-refractivity contribution in [3.8, 4) is 0 Å². The molecule has 0 bridgehead atoms. The number of hydrogen-bond donors (Lipinski definition) is 0. The van der Waals surface area contributed by atoms with Crippen molar-refractivity contribution >= 4 is 5.97 Å². The van der Waals surface area contributed by atoms with Crippen LogP contribution >= 0.6 is 0 Å². The van der Waals surface area contributed by atoms with E-state index in [9.17, 15) is 18.0 Å². The lowest BCUT2D eigenvalue weighted by Crippen LogP contribution is -2.06. The Morgan fingerprint density at radius 2 is 1.42 bits per heavy atom. The van der Waals surface area contributed by atoms with Gasteiger partial charge in [-0.3, -0.25) is 0 Å². The number of alkyl halides is 3. The fraction of sp³-hybridized carbons (Fsp3) is 0.786. The van der Waals surface area contributed by atoms with Gasteiger partial charge in [0.2, 0.25) is 0 Å². The molecule has 0 spiro atoms. The Balaban J connectivity index is 3.11. The largest absolute Gasteiger partial charge is 0.463 e. The fourth-order valence-electron chi connectivity index (χ4n) is 1.72. The van der Waals surface area contributed by atoms with Crippen LogP contribution in [0.4, 0.5) is 13.2 Å². The highest BCUT2D eigenvalue weighted by molar-refractivity contribution is 5.81. The first-order chi connectivity index (χ1) is 8.95. The van der Waals surface area contributed by atoms with E-state index in [1.165, 1.54) is 0 Å². The van der Waals surface area contributed by atoms with Crippen LogP contribution in [0.5, 0.6) is 0 Å². The molecule has 0 aromatic rings. The van der Waals surface area contributed by atoms with Crippen LogP contribution in [0.1, 0.15) is 57.8 Å². The van der Waals surface area contributed by atoms with E-state index in [1.54, 1.807) is 0 Å². The van der Waals surface area contributed by atoms with Crippen LogP contribution in [0.25, 0.3) is 0 Å². The molecule has 0 aliphatic carbocycles. The molecule has 0 N–H and O–H groups in total. The molecule has 19 heavy (non-hydrogen) atoms. The number of hydrogen-bond acceptors (Lipinski definition) is 2.